The minimum atomic E-state index is -2.95. The quantitative estimate of drug-likeness (QED) is 0.803. The van der Waals surface area contributed by atoms with Crippen molar-refractivity contribution in [2.75, 3.05) is 11.5 Å². The Labute approximate surface area is 122 Å². The summed E-state index contributed by atoms with van der Waals surface area (Å²) in [7, 11) is -1.09. The zero-order valence-corrected chi connectivity index (χ0v) is 13.1. The highest BCUT2D eigenvalue weighted by Gasteiger charge is 2.33. The number of aryl methyl sites for hydroxylation is 2. The molecule has 3 rings (SSSR count). The molecule has 20 heavy (non-hydrogen) atoms. The van der Waals surface area contributed by atoms with Gasteiger partial charge >= 0.3 is 0 Å². The molecule has 0 amide bonds. The van der Waals surface area contributed by atoms with Gasteiger partial charge in [-0.25, -0.2) is 13.4 Å². The highest BCUT2D eigenvalue weighted by molar-refractivity contribution is 7.91. The number of rotatable bonds is 3. The normalized spacial score (nSPS) is 21.9. The minimum Gasteiger partial charge on any atom is -0.308 e. The molecule has 2 aromatic heterocycles. The number of hydrogen-bond acceptors (Lipinski definition) is 4. The Balaban J connectivity index is 2.21. The van der Waals surface area contributed by atoms with Gasteiger partial charge in [0.15, 0.2) is 15.5 Å². The predicted octanol–water partition coefficient (Wildman–Crippen LogP) is 1.43. The number of aromatic nitrogens is 4. The minimum absolute atomic E-state index is 0.0844. The summed E-state index contributed by atoms with van der Waals surface area (Å²) in [6, 6.07) is -0.0844. The van der Waals surface area contributed by atoms with E-state index in [0.29, 0.717) is 6.42 Å². The summed E-state index contributed by atoms with van der Waals surface area (Å²) in [4.78, 5) is 4.57. The van der Waals surface area contributed by atoms with Crippen LogP contribution < -0.4 is 0 Å². The third kappa shape index (κ3) is 2.03. The van der Waals surface area contributed by atoms with Crippen molar-refractivity contribution in [2.24, 2.45) is 7.05 Å². The zero-order chi connectivity index (χ0) is 14.5. The lowest BCUT2D eigenvalue weighted by atomic mass is 10.2. The van der Waals surface area contributed by atoms with Gasteiger partial charge in [0.05, 0.1) is 29.1 Å². The first kappa shape index (κ1) is 13.9. The second kappa shape index (κ2) is 4.73. The highest BCUT2D eigenvalue weighted by atomic mass is 35.5. The first-order valence-electron chi connectivity index (χ1n) is 6.66. The lowest BCUT2D eigenvalue weighted by Gasteiger charge is -2.14. The molecule has 1 unspecified atom stereocenters. The largest absolute Gasteiger partial charge is 0.308 e. The molecule has 110 valence electrons. The monoisotopic (exact) mass is 316 g/mol. The Kier molecular flexibility index (Phi) is 3.29. The fourth-order valence-electron chi connectivity index (χ4n) is 2.94. The summed E-state index contributed by atoms with van der Waals surface area (Å²) in [5.74, 6) is 1.40. The number of sulfone groups is 1. The molecule has 6 nitrogen and oxygen atoms in total. The van der Waals surface area contributed by atoms with E-state index in [1.807, 2.05) is 18.5 Å². The number of fused-ring (bicyclic) bond motifs is 1. The van der Waals surface area contributed by atoms with Crippen LogP contribution in [0, 0.1) is 0 Å². The van der Waals surface area contributed by atoms with Crippen LogP contribution in [0.2, 0.25) is 0 Å². The lowest BCUT2D eigenvalue weighted by Crippen LogP contribution is -2.15. The molecule has 0 aromatic carbocycles. The van der Waals surface area contributed by atoms with Crippen molar-refractivity contribution in [1.29, 1.82) is 0 Å². The molecule has 1 aliphatic rings. The zero-order valence-electron chi connectivity index (χ0n) is 11.5. The van der Waals surface area contributed by atoms with E-state index in [9.17, 15) is 8.42 Å². The average molecular weight is 317 g/mol. The summed E-state index contributed by atoms with van der Waals surface area (Å²) in [6.45, 7) is 2.03. The second-order valence-corrected chi connectivity index (χ2v) is 7.68. The summed E-state index contributed by atoms with van der Waals surface area (Å²) in [5, 5.41) is 4.45. The van der Waals surface area contributed by atoms with Gasteiger partial charge in [0.25, 0.3) is 0 Å². The van der Waals surface area contributed by atoms with E-state index in [-0.39, 0.29) is 23.4 Å². The van der Waals surface area contributed by atoms with Crippen molar-refractivity contribution in [3.8, 4) is 0 Å². The van der Waals surface area contributed by atoms with Crippen LogP contribution in [0.3, 0.4) is 0 Å². The van der Waals surface area contributed by atoms with Crippen molar-refractivity contribution in [2.45, 2.75) is 31.7 Å². The van der Waals surface area contributed by atoms with Crippen LogP contribution in [0.5, 0.6) is 0 Å². The molecule has 1 saturated heterocycles. The third-order valence-corrected chi connectivity index (χ3v) is 5.83. The predicted molar refractivity (Wildman–Crippen MR) is 77.7 cm³/mol. The van der Waals surface area contributed by atoms with Crippen molar-refractivity contribution in [3.05, 3.63) is 11.5 Å². The van der Waals surface area contributed by atoms with Crippen LogP contribution in [0.15, 0.2) is 0 Å². The van der Waals surface area contributed by atoms with Crippen LogP contribution in [0.1, 0.15) is 30.9 Å². The van der Waals surface area contributed by atoms with E-state index in [1.165, 1.54) is 0 Å². The molecule has 0 N–H and O–H groups in total. The summed E-state index contributed by atoms with van der Waals surface area (Å²) in [5.41, 5.74) is 2.64. The maximum atomic E-state index is 11.7. The molecule has 0 bridgehead atoms. The van der Waals surface area contributed by atoms with Gasteiger partial charge in [-0.1, -0.05) is 6.92 Å². The van der Waals surface area contributed by atoms with Crippen LogP contribution in [-0.4, -0.2) is 39.3 Å². The molecular weight excluding hydrogens is 300 g/mol. The lowest BCUT2D eigenvalue weighted by molar-refractivity contribution is 0.539. The molecule has 0 spiro atoms. The number of halogens is 1. The summed E-state index contributed by atoms with van der Waals surface area (Å²) in [6.07, 6.45) is 1.41. The molecule has 0 aliphatic carbocycles. The van der Waals surface area contributed by atoms with Crippen LogP contribution in [0.4, 0.5) is 0 Å². The molecule has 3 heterocycles. The summed E-state index contributed by atoms with van der Waals surface area (Å²) < 4.78 is 27.2. The average Bonchev–Trinajstić information content (AvgIpc) is 3.02. The standard InChI is InChI=1S/C12H17ClN4O2S/c1-3-9-11-12(16(2)15-9)17(10(6-13)14-11)8-4-5-20(18,19)7-8/h8H,3-7H2,1-2H3. The van der Waals surface area contributed by atoms with E-state index in [0.717, 1.165) is 29.1 Å². The number of nitrogens with zero attached hydrogens (tertiary/aromatic N) is 4. The van der Waals surface area contributed by atoms with Crippen molar-refractivity contribution in [3.63, 3.8) is 0 Å². The van der Waals surface area contributed by atoms with Gasteiger partial charge in [-0.2, -0.15) is 5.10 Å². The van der Waals surface area contributed by atoms with E-state index in [2.05, 4.69) is 10.1 Å². The second-order valence-electron chi connectivity index (χ2n) is 5.18. The Morgan fingerprint density at radius 1 is 1.45 bits per heavy atom. The molecule has 0 saturated carbocycles. The van der Waals surface area contributed by atoms with Gasteiger partial charge < -0.3 is 4.57 Å². The fraction of sp³-hybridized carbons (Fsp3) is 0.667. The Bertz CT molecular complexity index is 762. The first-order valence-corrected chi connectivity index (χ1v) is 9.01. The van der Waals surface area contributed by atoms with Crippen molar-refractivity contribution in [1.82, 2.24) is 19.3 Å². The van der Waals surface area contributed by atoms with Gasteiger partial charge in [0, 0.05) is 7.05 Å². The van der Waals surface area contributed by atoms with Gasteiger partial charge in [-0.05, 0) is 12.8 Å². The molecular formula is C12H17ClN4O2S. The van der Waals surface area contributed by atoms with Gasteiger partial charge in [0.1, 0.15) is 11.3 Å². The van der Waals surface area contributed by atoms with Gasteiger partial charge in [-0.3, -0.25) is 4.68 Å². The van der Waals surface area contributed by atoms with Crippen molar-refractivity contribution < 1.29 is 8.42 Å². The molecule has 1 aliphatic heterocycles. The molecule has 1 atom stereocenters. The maximum Gasteiger partial charge on any atom is 0.159 e. The maximum absolute atomic E-state index is 11.7. The van der Waals surface area contributed by atoms with Crippen LogP contribution in [-0.2, 0) is 29.2 Å². The highest BCUT2D eigenvalue weighted by Crippen LogP contribution is 2.31. The molecule has 1 fully saturated rings. The third-order valence-electron chi connectivity index (χ3n) is 3.84. The Hall–Kier alpha value is -1.08. The molecule has 0 radical (unpaired) electrons. The SMILES string of the molecule is CCc1nn(C)c2c1nc(CCl)n2C1CCS(=O)(=O)C1. The molecule has 2 aromatic rings. The van der Waals surface area contributed by atoms with E-state index < -0.39 is 9.84 Å². The van der Waals surface area contributed by atoms with Gasteiger partial charge in [-0.15, -0.1) is 11.6 Å². The smallest absolute Gasteiger partial charge is 0.159 e. The Morgan fingerprint density at radius 2 is 2.20 bits per heavy atom. The number of imidazole rings is 1. The fourth-order valence-corrected chi connectivity index (χ4v) is 4.83. The number of hydrogen-bond donors (Lipinski definition) is 0. The van der Waals surface area contributed by atoms with Crippen molar-refractivity contribution >= 4 is 32.6 Å². The summed E-state index contributed by atoms with van der Waals surface area (Å²) >= 11 is 6.00. The van der Waals surface area contributed by atoms with E-state index in [1.54, 1.807) is 4.68 Å². The van der Waals surface area contributed by atoms with Gasteiger partial charge in [0.2, 0.25) is 0 Å². The van der Waals surface area contributed by atoms with E-state index >= 15 is 0 Å². The Morgan fingerprint density at radius 3 is 2.75 bits per heavy atom. The number of alkyl halides is 1. The first-order chi connectivity index (χ1) is 9.46. The topological polar surface area (TPSA) is 69.8 Å². The van der Waals surface area contributed by atoms with E-state index in [4.69, 9.17) is 11.6 Å². The van der Waals surface area contributed by atoms with Crippen LogP contribution >= 0.6 is 11.6 Å². The molecule has 8 heteroatoms. The van der Waals surface area contributed by atoms with Crippen LogP contribution in [0.25, 0.3) is 11.2 Å².